The molecule has 0 amide bonds. The van der Waals surface area contributed by atoms with Crippen molar-refractivity contribution in [3.05, 3.63) is 23.8 Å². The van der Waals surface area contributed by atoms with Crippen molar-refractivity contribution in [1.82, 2.24) is 0 Å². The molecule has 1 aromatic carbocycles. The van der Waals surface area contributed by atoms with Gasteiger partial charge in [-0.15, -0.1) is 0 Å². The number of nitrogens with one attached hydrogen (secondary N) is 1. The molecule has 100 valence electrons. The second-order valence-electron chi connectivity index (χ2n) is 4.56. The quantitative estimate of drug-likeness (QED) is 0.675. The maximum atomic E-state index is 11.2. The number of rotatable bonds is 6. The van der Waals surface area contributed by atoms with E-state index >= 15 is 0 Å². The van der Waals surface area contributed by atoms with E-state index in [1.807, 2.05) is 0 Å². The summed E-state index contributed by atoms with van der Waals surface area (Å²) in [6.45, 7) is 4.62. The number of hydrogen-bond donors (Lipinski definition) is 3. The summed E-state index contributed by atoms with van der Waals surface area (Å²) in [5.41, 5.74) is 6.77. The number of benzene rings is 1. The Morgan fingerprint density at radius 1 is 1.50 bits per heavy atom. The van der Waals surface area contributed by atoms with Crippen LogP contribution in [0.1, 0.15) is 24.2 Å². The summed E-state index contributed by atoms with van der Waals surface area (Å²) in [6.07, 6.45) is 0. The number of carboxylic acids is 1. The zero-order chi connectivity index (χ0) is 13.7. The Hall–Kier alpha value is -1.75. The molecule has 0 aliphatic heterocycles. The highest BCUT2D eigenvalue weighted by Crippen LogP contribution is 2.21. The van der Waals surface area contributed by atoms with Gasteiger partial charge in [0.2, 0.25) is 0 Å². The molecule has 5 nitrogen and oxygen atoms in total. The van der Waals surface area contributed by atoms with Crippen molar-refractivity contribution >= 4 is 17.3 Å². The summed E-state index contributed by atoms with van der Waals surface area (Å²) in [7, 11) is 1.62. The van der Waals surface area contributed by atoms with E-state index in [0.717, 1.165) is 0 Å². The molecule has 0 radical (unpaired) electrons. The minimum Gasteiger partial charge on any atom is -0.478 e. The molecular formula is C13H20N2O3. The normalized spacial score (nSPS) is 12.4. The van der Waals surface area contributed by atoms with Gasteiger partial charge in [0.05, 0.1) is 18.2 Å². The molecule has 0 saturated heterocycles. The molecule has 0 aromatic heterocycles. The fraction of sp³-hybridized carbons (Fsp3) is 0.462. The number of ether oxygens (including phenoxy) is 1. The van der Waals surface area contributed by atoms with Crippen molar-refractivity contribution < 1.29 is 14.6 Å². The van der Waals surface area contributed by atoms with Gasteiger partial charge in [0.25, 0.3) is 0 Å². The molecular weight excluding hydrogens is 232 g/mol. The van der Waals surface area contributed by atoms with Crippen LogP contribution in [0.15, 0.2) is 18.2 Å². The first-order valence-corrected chi connectivity index (χ1v) is 5.84. The van der Waals surface area contributed by atoms with E-state index in [-0.39, 0.29) is 11.6 Å². The van der Waals surface area contributed by atoms with E-state index in [4.69, 9.17) is 15.6 Å². The lowest BCUT2D eigenvalue weighted by molar-refractivity contribution is 0.0697. The first-order valence-electron chi connectivity index (χ1n) is 5.84. The third-order valence-corrected chi connectivity index (χ3v) is 2.77. The van der Waals surface area contributed by atoms with E-state index in [9.17, 15) is 4.79 Å². The third-order valence-electron chi connectivity index (χ3n) is 2.77. The van der Waals surface area contributed by atoms with Crippen LogP contribution in [0.4, 0.5) is 11.4 Å². The number of nitrogen functional groups attached to an aromatic ring is 1. The zero-order valence-corrected chi connectivity index (χ0v) is 10.9. The Labute approximate surface area is 107 Å². The van der Waals surface area contributed by atoms with Gasteiger partial charge < -0.3 is 20.9 Å². The monoisotopic (exact) mass is 252 g/mol. The van der Waals surface area contributed by atoms with E-state index in [2.05, 4.69) is 19.2 Å². The van der Waals surface area contributed by atoms with Gasteiger partial charge in [-0.3, -0.25) is 0 Å². The number of aromatic carboxylic acids is 1. The van der Waals surface area contributed by atoms with Crippen LogP contribution >= 0.6 is 0 Å². The first-order chi connectivity index (χ1) is 8.45. The molecule has 18 heavy (non-hydrogen) atoms. The maximum Gasteiger partial charge on any atom is 0.337 e. The van der Waals surface area contributed by atoms with Crippen molar-refractivity contribution in [2.45, 2.75) is 19.9 Å². The van der Waals surface area contributed by atoms with Crippen LogP contribution in [0.25, 0.3) is 0 Å². The second-order valence-corrected chi connectivity index (χ2v) is 4.56. The summed E-state index contributed by atoms with van der Waals surface area (Å²) >= 11 is 0. The van der Waals surface area contributed by atoms with Crippen molar-refractivity contribution in [2.24, 2.45) is 5.92 Å². The zero-order valence-electron chi connectivity index (χ0n) is 10.9. The number of carboxylic acid groups (broad SMARTS) is 1. The largest absolute Gasteiger partial charge is 0.478 e. The van der Waals surface area contributed by atoms with Crippen molar-refractivity contribution in [2.75, 3.05) is 24.8 Å². The van der Waals surface area contributed by atoms with Gasteiger partial charge >= 0.3 is 5.97 Å². The SMILES string of the molecule is COCC(Nc1ccc(N)cc1C(=O)O)C(C)C. The first kappa shape index (κ1) is 14.3. The Bertz CT molecular complexity index is 419. The van der Waals surface area contributed by atoms with Crippen LogP contribution in [0.2, 0.25) is 0 Å². The third kappa shape index (κ3) is 3.63. The smallest absolute Gasteiger partial charge is 0.337 e. The average Bonchev–Trinajstić information content (AvgIpc) is 2.30. The van der Waals surface area contributed by atoms with Gasteiger partial charge in [0.1, 0.15) is 0 Å². The van der Waals surface area contributed by atoms with Crippen LogP contribution in [0.5, 0.6) is 0 Å². The lowest BCUT2D eigenvalue weighted by Gasteiger charge is -2.23. The highest BCUT2D eigenvalue weighted by Gasteiger charge is 2.17. The molecule has 1 aromatic rings. The van der Waals surface area contributed by atoms with Crippen LogP contribution in [0, 0.1) is 5.92 Å². The molecule has 0 aliphatic carbocycles. The van der Waals surface area contributed by atoms with Crippen molar-refractivity contribution in [3.8, 4) is 0 Å². The number of methoxy groups -OCH3 is 1. The van der Waals surface area contributed by atoms with Crippen LogP contribution in [-0.4, -0.2) is 30.8 Å². The Morgan fingerprint density at radius 2 is 2.17 bits per heavy atom. The lowest BCUT2D eigenvalue weighted by Crippen LogP contribution is -2.31. The average molecular weight is 252 g/mol. The molecule has 1 rings (SSSR count). The molecule has 0 bridgehead atoms. The summed E-state index contributed by atoms with van der Waals surface area (Å²) < 4.78 is 5.13. The van der Waals surface area contributed by atoms with Gasteiger partial charge in [-0.25, -0.2) is 4.79 Å². The molecule has 5 heteroatoms. The number of carbonyl (C=O) groups is 1. The van der Waals surface area contributed by atoms with E-state index in [1.165, 1.54) is 6.07 Å². The standard InChI is InChI=1S/C13H20N2O3/c1-8(2)12(7-18-3)15-11-5-4-9(14)6-10(11)13(16)17/h4-6,8,12,15H,7,14H2,1-3H3,(H,16,17). The number of hydrogen-bond acceptors (Lipinski definition) is 4. The van der Waals surface area contributed by atoms with E-state index in [0.29, 0.717) is 23.9 Å². The van der Waals surface area contributed by atoms with E-state index in [1.54, 1.807) is 19.2 Å². The van der Waals surface area contributed by atoms with Gasteiger partial charge in [0.15, 0.2) is 0 Å². The predicted octanol–water partition coefficient (Wildman–Crippen LogP) is 2.05. The molecule has 0 spiro atoms. The van der Waals surface area contributed by atoms with Gasteiger partial charge in [-0.05, 0) is 24.1 Å². The molecule has 0 aliphatic rings. The molecule has 0 fully saturated rings. The molecule has 0 saturated carbocycles. The number of nitrogens with two attached hydrogens (primary N) is 1. The molecule has 1 unspecified atom stereocenters. The summed E-state index contributed by atoms with van der Waals surface area (Å²) in [5, 5.41) is 12.3. The Morgan fingerprint density at radius 3 is 2.67 bits per heavy atom. The Kier molecular flexibility index (Phi) is 4.97. The van der Waals surface area contributed by atoms with Crippen molar-refractivity contribution in [3.63, 3.8) is 0 Å². The minimum atomic E-state index is -0.996. The molecule has 4 N–H and O–H groups in total. The van der Waals surface area contributed by atoms with Gasteiger partial charge in [-0.1, -0.05) is 13.8 Å². The highest BCUT2D eigenvalue weighted by atomic mass is 16.5. The van der Waals surface area contributed by atoms with Crippen molar-refractivity contribution in [1.29, 1.82) is 0 Å². The van der Waals surface area contributed by atoms with Gasteiger partial charge in [0, 0.05) is 18.5 Å². The predicted molar refractivity (Wildman–Crippen MR) is 71.9 cm³/mol. The number of anilines is 2. The van der Waals surface area contributed by atoms with Gasteiger partial charge in [-0.2, -0.15) is 0 Å². The molecule has 1 atom stereocenters. The fourth-order valence-corrected chi connectivity index (χ4v) is 1.64. The summed E-state index contributed by atoms with van der Waals surface area (Å²) in [5.74, 6) is -0.672. The topological polar surface area (TPSA) is 84.6 Å². The van der Waals surface area contributed by atoms with Crippen LogP contribution in [-0.2, 0) is 4.74 Å². The second kappa shape index (κ2) is 6.26. The fourth-order valence-electron chi connectivity index (χ4n) is 1.64. The maximum absolute atomic E-state index is 11.2. The summed E-state index contributed by atoms with van der Waals surface area (Å²) in [4.78, 5) is 11.2. The van der Waals surface area contributed by atoms with E-state index < -0.39 is 5.97 Å². The Balaban J connectivity index is 2.98. The highest BCUT2D eigenvalue weighted by molar-refractivity contribution is 5.95. The minimum absolute atomic E-state index is 0.0525. The molecule has 0 heterocycles. The van der Waals surface area contributed by atoms with Crippen LogP contribution in [0.3, 0.4) is 0 Å². The lowest BCUT2D eigenvalue weighted by atomic mass is 10.0. The van der Waals surface area contributed by atoms with Crippen LogP contribution < -0.4 is 11.1 Å². The summed E-state index contributed by atoms with van der Waals surface area (Å²) in [6, 6.07) is 4.87.